The van der Waals surface area contributed by atoms with Crippen LogP contribution in [0, 0.1) is 15.5 Å². The Morgan fingerprint density at radius 2 is 1.59 bits per heavy atom. The second kappa shape index (κ2) is 7.26. The van der Waals surface area contributed by atoms with Gasteiger partial charge in [0.1, 0.15) is 5.57 Å². The molecule has 0 fully saturated rings. The van der Waals surface area contributed by atoms with Crippen LogP contribution in [-0.2, 0) is 4.79 Å². The zero-order valence-electron chi connectivity index (χ0n) is 14.7. The van der Waals surface area contributed by atoms with Crippen molar-refractivity contribution in [1.82, 2.24) is 0 Å². The minimum Gasteiger partial charge on any atom is -0.289 e. The van der Waals surface area contributed by atoms with Crippen LogP contribution >= 0.6 is 0 Å². The van der Waals surface area contributed by atoms with Gasteiger partial charge >= 0.3 is 6.18 Å². The van der Waals surface area contributed by atoms with Crippen molar-refractivity contribution in [3.05, 3.63) is 69.5 Å². The van der Waals surface area contributed by atoms with Gasteiger partial charge in [0.2, 0.25) is 0 Å². The van der Waals surface area contributed by atoms with Crippen molar-refractivity contribution in [1.29, 1.82) is 0 Å². The third-order valence-corrected chi connectivity index (χ3v) is 3.67. The van der Waals surface area contributed by atoms with Crippen LogP contribution in [0.1, 0.15) is 20.8 Å². The van der Waals surface area contributed by atoms with Crippen molar-refractivity contribution in [2.75, 3.05) is 0 Å². The number of nitrogens with zero attached hydrogens (tertiary/aromatic N) is 3. The summed E-state index contributed by atoms with van der Waals surface area (Å²) in [6.07, 6.45) is -1.60. The minimum atomic E-state index is -4.78. The molecule has 0 aromatic heterocycles. The van der Waals surface area contributed by atoms with Gasteiger partial charge in [-0.3, -0.25) is 14.9 Å². The molecule has 1 aliphatic carbocycles. The van der Waals surface area contributed by atoms with Crippen LogP contribution in [-0.4, -0.2) is 16.9 Å². The number of hydrogen-bond donors (Lipinski definition) is 0. The summed E-state index contributed by atoms with van der Waals surface area (Å²) >= 11 is 0. The first-order valence-corrected chi connectivity index (χ1v) is 7.81. The summed E-state index contributed by atoms with van der Waals surface area (Å²) < 4.78 is 39.5. The lowest BCUT2D eigenvalue weighted by Gasteiger charge is -2.26. The van der Waals surface area contributed by atoms with Gasteiger partial charge in [-0.05, 0) is 35.3 Å². The van der Waals surface area contributed by atoms with Gasteiger partial charge in [0, 0.05) is 17.7 Å². The van der Waals surface area contributed by atoms with Crippen molar-refractivity contribution in [3.8, 4) is 0 Å². The number of halogens is 3. The Kier molecular flexibility index (Phi) is 5.43. The van der Waals surface area contributed by atoms with E-state index in [0.29, 0.717) is 5.69 Å². The Morgan fingerprint density at radius 1 is 1.04 bits per heavy atom. The highest BCUT2D eigenvalue weighted by Gasteiger charge is 2.43. The lowest BCUT2D eigenvalue weighted by atomic mass is 9.78. The van der Waals surface area contributed by atoms with Crippen LogP contribution in [0.3, 0.4) is 0 Å². The molecular formula is C18H16F3N3O3. The van der Waals surface area contributed by atoms with Crippen LogP contribution in [0.15, 0.2) is 69.6 Å². The van der Waals surface area contributed by atoms with E-state index in [2.05, 4.69) is 10.2 Å². The first-order chi connectivity index (χ1) is 12.4. The Balaban J connectivity index is 2.36. The number of Topliss-reactive ketones (excluding diaryl/α,β-unsaturated/α-hetero) is 1. The fraction of sp³-hybridized carbons (Fsp3) is 0.278. The van der Waals surface area contributed by atoms with Gasteiger partial charge in [-0.25, -0.2) is 0 Å². The van der Waals surface area contributed by atoms with Crippen LogP contribution in [0.5, 0.6) is 0 Å². The second-order valence-corrected chi connectivity index (χ2v) is 6.81. The molecule has 0 N–H and O–H groups in total. The highest BCUT2D eigenvalue weighted by Crippen LogP contribution is 2.38. The summed E-state index contributed by atoms with van der Waals surface area (Å²) in [5.74, 6) is -1.06. The predicted molar refractivity (Wildman–Crippen MR) is 92.4 cm³/mol. The maximum absolute atomic E-state index is 13.2. The molecule has 0 amide bonds. The van der Waals surface area contributed by atoms with Gasteiger partial charge in [-0.1, -0.05) is 20.8 Å². The Hall–Kier alpha value is -3.10. The number of allylic oxidation sites excluding steroid dienone is 5. The van der Waals surface area contributed by atoms with Gasteiger partial charge < -0.3 is 0 Å². The molecule has 6 nitrogen and oxygen atoms in total. The summed E-state index contributed by atoms with van der Waals surface area (Å²) in [6.45, 7) is 4.93. The molecule has 0 spiro atoms. The van der Waals surface area contributed by atoms with Crippen molar-refractivity contribution < 1.29 is 22.9 Å². The fourth-order valence-corrected chi connectivity index (χ4v) is 2.30. The van der Waals surface area contributed by atoms with E-state index in [0.717, 1.165) is 12.3 Å². The molecule has 27 heavy (non-hydrogen) atoms. The van der Waals surface area contributed by atoms with E-state index in [1.807, 2.05) is 0 Å². The summed E-state index contributed by atoms with van der Waals surface area (Å²) in [7, 11) is 0. The molecule has 0 unspecified atom stereocenters. The summed E-state index contributed by atoms with van der Waals surface area (Å²) in [5, 5.41) is 18.1. The van der Waals surface area contributed by atoms with E-state index in [-0.39, 0.29) is 16.8 Å². The second-order valence-electron chi connectivity index (χ2n) is 6.81. The van der Waals surface area contributed by atoms with Gasteiger partial charge in [-0.2, -0.15) is 23.4 Å². The number of benzene rings is 1. The predicted octanol–water partition coefficient (Wildman–Crippen LogP) is 5.61. The maximum atomic E-state index is 13.2. The zero-order valence-corrected chi connectivity index (χ0v) is 14.7. The van der Waals surface area contributed by atoms with E-state index in [4.69, 9.17) is 0 Å². The standard InChI is InChI=1S/C18H16F3N3O3/c1-17(2,3)14-8-11(9-15(16(14)25)18(19,20)21)10-22-23-12-4-6-13(7-5-12)24(26)27/h4-10H,1-3H3. The van der Waals surface area contributed by atoms with Gasteiger partial charge in [0.15, 0.2) is 5.78 Å². The lowest BCUT2D eigenvalue weighted by Crippen LogP contribution is -2.29. The number of ketones is 1. The first kappa shape index (κ1) is 20.2. The third kappa shape index (κ3) is 4.96. The minimum absolute atomic E-state index is 0.0223. The number of nitro groups is 1. The molecule has 0 atom stereocenters. The highest BCUT2D eigenvalue weighted by molar-refractivity contribution is 6.11. The third-order valence-electron chi connectivity index (χ3n) is 3.67. The number of azo groups is 1. The molecule has 0 aliphatic heterocycles. The zero-order chi connectivity index (χ0) is 20.4. The number of nitro benzene ring substituents is 1. The molecule has 0 saturated heterocycles. The summed E-state index contributed by atoms with van der Waals surface area (Å²) in [4.78, 5) is 22.2. The number of rotatable bonds is 3. The van der Waals surface area contributed by atoms with Crippen molar-refractivity contribution in [2.24, 2.45) is 15.6 Å². The van der Waals surface area contributed by atoms with Gasteiger partial charge in [-0.15, -0.1) is 0 Å². The van der Waals surface area contributed by atoms with Crippen LogP contribution in [0.2, 0.25) is 0 Å². The number of non-ortho nitro benzene ring substituents is 1. The molecule has 0 heterocycles. The molecule has 1 aromatic rings. The van der Waals surface area contributed by atoms with Crippen molar-refractivity contribution in [2.45, 2.75) is 26.9 Å². The highest BCUT2D eigenvalue weighted by atomic mass is 19.4. The van der Waals surface area contributed by atoms with Crippen molar-refractivity contribution >= 4 is 17.2 Å². The number of alkyl halides is 3. The fourth-order valence-electron chi connectivity index (χ4n) is 2.30. The van der Waals surface area contributed by atoms with E-state index in [9.17, 15) is 28.1 Å². The van der Waals surface area contributed by atoms with E-state index in [1.165, 1.54) is 30.3 Å². The first-order valence-electron chi connectivity index (χ1n) is 7.81. The van der Waals surface area contributed by atoms with Crippen LogP contribution in [0.4, 0.5) is 24.5 Å². The van der Waals surface area contributed by atoms with E-state index < -0.39 is 27.9 Å². The molecule has 2 rings (SSSR count). The molecule has 0 radical (unpaired) electrons. The molecule has 142 valence electrons. The van der Waals surface area contributed by atoms with Crippen LogP contribution in [0.25, 0.3) is 0 Å². The average Bonchev–Trinajstić information content (AvgIpc) is 2.54. The number of carbonyl (C=O) groups excluding carboxylic acids is 1. The molecule has 1 aromatic carbocycles. The Morgan fingerprint density at radius 3 is 2.07 bits per heavy atom. The largest absolute Gasteiger partial charge is 0.420 e. The molecule has 0 bridgehead atoms. The lowest BCUT2D eigenvalue weighted by molar-refractivity contribution is -0.384. The normalized spacial score (nSPS) is 17.3. The summed E-state index contributed by atoms with van der Waals surface area (Å²) in [5.41, 5.74) is -1.76. The Bertz CT molecular complexity index is 851. The average molecular weight is 379 g/mol. The van der Waals surface area contributed by atoms with Crippen LogP contribution < -0.4 is 0 Å². The molecule has 9 heteroatoms. The van der Waals surface area contributed by atoms with Crippen molar-refractivity contribution in [3.63, 3.8) is 0 Å². The topological polar surface area (TPSA) is 84.9 Å². The summed E-state index contributed by atoms with van der Waals surface area (Å²) in [6, 6.07) is 5.19. The molecule has 0 saturated carbocycles. The monoisotopic (exact) mass is 379 g/mol. The van der Waals surface area contributed by atoms with E-state index in [1.54, 1.807) is 20.8 Å². The maximum Gasteiger partial charge on any atom is 0.420 e. The molecular weight excluding hydrogens is 363 g/mol. The van der Waals surface area contributed by atoms with Gasteiger partial charge in [0.05, 0.1) is 16.8 Å². The molecule has 1 aliphatic rings. The Labute approximate surface area is 152 Å². The van der Waals surface area contributed by atoms with Gasteiger partial charge in [0.25, 0.3) is 5.69 Å². The SMILES string of the molecule is CC(C)(C)C1=CC(=CN=Nc2ccc([N+](=O)[O-])cc2)C=C(C(F)(F)F)C1=O. The number of hydrogen-bond acceptors (Lipinski definition) is 5. The number of carbonyl (C=O) groups is 1. The quantitative estimate of drug-likeness (QED) is 0.389. The van der Waals surface area contributed by atoms with E-state index >= 15 is 0 Å². The smallest absolute Gasteiger partial charge is 0.289 e.